The highest BCUT2D eigenvalue weighted by Crippen LogP contribution is 2.30. The summed E-state index contributed by atoms with van der Waals surface area (Å²) in [6, 6.07) is 6.56. The summed E-state index contributed by atoms with van der Waals surface area (Å²) in [5, 5.41) is 5.93. The molecule has 0 atom stereocenters. The Hall–Kier alpha value is -1.95. The van der Waals surface area contributed by atoms with Crippen LogP contribution in [0.15, 0.2) is 24.3 Å². The number of quaternary nitrogens is 1. The standard InChI is InChI=1S/C18H26FN3O2/c1-13(2)20-17(24)12-22-9-7-18(8-10-22,21-14(3)23)15-5-4-6-16(19)11-15/h4-6,11,13H,7-10,12H2,1-3H3,(H,20,24)(H,21,23)/p+1. The van der Waals surface area contributed by atoms with Crippen LogP contribution >= 0.6 is 0 Å². The number of hydrogen-bond acceptors (Lipinski definition) is 2. The molecule has 1 fully saturated rings. The molecule has 0 bridgehead atoms. The maximum atomic E-state index is 13.6. The van der Waals surface area contributed by atoms with Gasteiger partial charge in [-0.1, -0.05) is 12.1 Å². The van der Waals surface area contributed by atoms with Gasteiger partial charge in [-0.3, -0.25) is 9.59 Å². The van der Waals surface area contributed by atoms with Gasteiger partial charge in [-0.2, -0.15) is 0 Å². The van der Waals surface area contributed by atoms with E-state index in [1.54, 1.807) is 6.07 Å². The summed E-state index contributed by atoms with van der Waals surface area (Å²) < 4.78 is 13.6. The Labute approximate surface area is 142 Å². The second-order valence-electron chi connectivity index (χ2n) is 6.92. The molecule has 2 rings (SSSR count). The van der Waals surface area contributed by atoms with Crippen LogP contribution in [0.2, 0.25) is 0 Å². The van der Waals surface area contributed by atoms with Gasteiger partial charge in [-0.15, -0.1) is 0 Å². The molecule has 0 unspecified atom stereocenters. The average Bonchev–Trinajstić information content (AvgIpc) is 2.48. The number of benzene rings is 1. The van der Waals surface area contributed by atoms with E-state index in [2.05, 4.69) is 10.6 Å². The van der Waals surface area contributed by atoms with Gasteiger partial charge in [-0.25, -0.2) is 4.39 Å². The summed E-state index contributed by atoms with van der Waals surface area (Å²) in [5.74, 6) is -0.388. The van der Waals surface area contributed by atoms with Crippen molar-refractivity contribution in [1.29, 1.82) is 0 Å². The van der Waals surface area contributed by atoms with Gasteiger partial charge in [-0.05, 0) is 31.5 Å². The Morgan fingerprint density at radius 2 is 1.96 bits per heavy atom. The lowest BCUT2D eigenvalue weighted by Crippen LogP contribution is -3.14. The van der Waals surface area contributed by atoms with E-state index >= 15 is 0 Å². The predicted octanol–water partition coefficient (Wildman–Crippen LogP) is 0.360. The zero-order valence-corrected chi connectivity index (χ0v) is 14.6. The molecule has 0 aliphatic carbocycles. The number of carbonyl (C=O) groups excluding carboxylic acids is 2. The van der Waals surface area contributed by atoms with Crippen LogP contribution in [0.4, 0.5) is 4.39 Å². The van der Waals surface area contributed by atoms with Gasteiger partial charge >= 0.3 is 0 Å². The van der Waals surface area contributed by atoms with E-state index in [4.69, 9.17) is 0 Å². The number of carbonyl (C=O) groups is 2. The highest BCUT2D eigenvalue weighted by atomic mass is 19.1. The molecule has 5 nitrogen and oxygen atoms in total. The molecule has 0 saturated carbocycles. The van der Waals surface area contributed by atoms with Crippen LogP contribution in [0.5, 0.6) is 0 Å². The molecule has 0 spiro atoms. The summed E-state index contributed by atoms with van der Waals surface area (Å²) in [7, 11) is 0. The zero-order valence-electron chi connectivity index (χ0n) is 14.6. The molecule has 0 radical (unpaired) electrons. The first-order chi connectivity index (χ1) is 11.3. The lowest BCUT2D eigenvalue weighted by atomic mass is 9.80. The summed E-state index contributed by atoms with van der Waals surface area (Å²) in [6.07, 6.45) is 1.36. The van der Waals surface area contributed by atoms with Crippen LogP contribution < -0.4 is 15.5 Å². The molecule has 0 aromatic heterocycles. The fourth-order valence-electron chi connectivity index (χ4n) is 3.42. The van der Waals surface area contributed by atoms with Gasteiger partial charge in [0.05, 0.1) is 18.6 Å². The third kappa shape index (κ3) is 4.77. The summed E-state index contributed by atoms with van der Waals surface area (Å²) in [4.78, 5) is 24.8. The Bertz CT molecular complexity index is 596. The van der Waals surface area contributed by atoms with Gasteiger partial charge in [0.1, 0.15) is 5.82 Å². The van der Waals surface area contributed by atoms with E-state index in [9.17, 15) is 14.0 Å². The molecule has 132 valence electrons. The molecular weight excluding hydrogens is 309 g/mol. The van der Waals surface area contributed by atoms with Crippen molar-refractivity contribution in [3.63, 3.8) is 0 Å². The Balaban J connectivity index is 2.08. The minimum absolute atomic E-state index is 0.0396. The molecule has 6 heteroatoms. The highest BCUT2D eigenvalue weighted by molar-refractivity contribution is 5.77. The van der Waals surface area contributed by atoms with Crippen LogP contribution in [-0.2, 0) is 15.1 Å². The average molecular weight is 336 g/mol. The first-order valence-electron chi connectivity index (χ1n) is 8.48. The molecule has 24 heavy (non-hydrogen) atoms. The molecule has 1 aliphatic heterocycles. The number of likely N-dealkylation sites (tertiary alicyclic amines) is 1. The maximum absolute atomic E-state index is 13.6. The van der Waals surface area contributed by atoms with E-state index in [-0.39, 0.29) is 23.7 Å². The van der Waals surface area contributed by atoms with Gasteiger partial charge in [0, 0.05) is 25.8 Å². The summed E-state index contributed by atoms with van der Waals surface area (Å²) >= 11 is 0. The minimum atomic E-state index is -0.550. The molecule has 1 saturated heterocycles. The Morgan fingerprint density at radius 1 is 1.29 bits per heavy atom. The molecule has 1 aromatic rings. The lowest BCUT2D eigenvalue weighted by Gasteiger charge is -2.40. The van der Waals surface area contributed by atoms with Crippen molar-refractivity contribution >= 4 is 11.8 Å². The molecule has 1 heterocycles. The largest absolute Gasteiger partial charge is 0.349 e. The Morgan fingerprint density at radius 3 is 2.50 bits per heavy atom. The number of nitrogens with one attached hydrogen (secondary N) is 3. The maximum Gasteiger partial charge on any atom is 0.275 e. The predicted molar refractivity (Wildman–Crippen MR) is 90.0 cm³/mol. The van der Waals surface area contributed by atoms with Crippen molar-refractivity contribution in [2.24, 2.45) is 0 Å². The van der Waals surface area contributed by atoms with E-state index in [1.807, 2.05) is 19.9 Å². The van der Waals surface area contributed by atoms with E-state index < -0.39 is 5.54 Å². The SMILES string of the molecule is CC(=O)NC1(c2cccc(F)c2)CC[NH+](CC(=O)NC(C)C)CC1. The first-order valence-corrected chi connectivity index (χ1v) is 8.48. The number of halogens is 1. The summed E-state index contributed by atoms with van der Waals surface area (Å²) in [6.45, 7) is 7.29. The number of hydrogen-bond donors (Lipinski definition) is 3. The van der Waals surface area contributed by atoms with Crippen molar-refractivity contribution in [2.45, 2.75) is 45.2 Å². The van der Waals surface area contributed by atoms with E-state index in [0.29, 0.717) is 19.4 Å². The number of amides is 2. The fraction of sp³-hybridized carbons (Fsp3) is 0.556. The zero-order chi connectivity index (χ0) is 17.7. The Kier molecular flexibility index (Phi) is 5.94. The molecule has 1 aliphatic rings. The summed E-state index contributed by atoms with van der Waals surface area (Å²) in [5.41, 5.74) is 0.245. The van der Waals surface area contributed by atoms with Crippen molar-refractivity contribution in [2.75, 3.05) is 19.6 Å². The van der Waals surface area contributed by atoms with Crippen molar-refractivity contribution in [3.05, 3.63) is 35.6 Å². The van der Waals surface area contributed by atoms with Crippen LogP contribution in [0, 0.1) is 5.82 Å². The minimum Gasteiger partial charge on any atom is -0.349 e. The third-order valence-electron chi connectivity index (χ3n) is 4.46. The quantitative estimate of drug-likeness (QED) is 0.727. The van der Waals surface area contributed by atoms with Crippen molar-refractivity contribution in [3.8, 4) is 0 Å². The smallest absolute Gasteiger partial charge is 0.275 e. The highest BCUT2D eigenvalue weighted by Gasteiger charge is 2.39. The second kappa shape index (κ2) is 7.75. The van der Waals surface area contributed by atoms with Crippen LogP contribution in [0.25, 0.3) is 0 Å². The van der Waals surface area contributed by atoms with Crippen molar-refractivity contribution in [1.82, 2.24) is 10.6 Å². The molecule has 2 amide bonds. The van der Waals surface area contributed by atoms with Gasteiger partial charge < -0.3 is 15.5 Å². The van der Waals surface area contributed by atoms with E-state index in [1.165, 1.54) is 24.0 Å². The topological polar surface area (TPSA) is 62.6 Å². The molecule has 1 aromatic carbocycles. The lowest BCUT2D eigenvalue weighted by molar-refractivity contribution is -0.898. The number of rotatable bonds is 5. The fourth-order valence-corrected chi connectivity index (χ4v) is 3.42. The molecular formula is C18H27FN3O2+. The molecule has 3 N–H and O–H groups in total. The van der Waals surface area contributed by atoms with Gasteiger partial charge in [0.2, 0.25) is 5.91 Å². The number of piperidine rings is 1. The van der Waals surface area contributed by atoms with E-state index in [0.717, 1.165) is 18.7 Å². The van der Waals surface area contributed by atoms with Crippen molar-refractivity contribution < 1.29 is 18.9 Å². The second-order valence-corrected chi connectivity index (χ2v) is 6.92. The normalized spacial score (nSPS) is 23.8. The van der Waals surface area contributed by atoms with Crippen LogP contribution in [-0.4, -0.2) is 37.5 Å². The monoisotopic (exact) mass is 336 g/mol. The van der Waals surface area contributed by atoms with Crippen LogP contribution in [0.3, 0.4) is 0 Å². The van der Waals surface area contributed by atoms with Gasteiger partial charge in [0.15, 0.2) is 6.54 Å². The first kappa shape index (κ1) is 18.4. The van der Waals surface area contributed by atoms with Crippen LogP contribution in [0.1, 0.15) is 39.2 Å². The third-order valence-corrected chi connectivity index (χ3v) is 4.46. The van der Waals surface area contributed by atoms with Gasteiger partial charge in [0.25, 0.3) is 5.91 Å².